The average Bonchev–Trinajstić information content (AvgIpc) is 2.18. The molecule has 0 amide bonds. The molecule has 84 valence electrons. The zero-order chi connectivity index (χ0) is 11.8. The second-order valence-corrected chi connectivity index (χ2v) is 3.75. The quantitative estimate of drug-likeness (QED) is 0.585. The molecule has 0 N–H and O–H groups in total. The van der Waals surface area contributed by atoms with Crippen LogP contribution >= 0.6 is 0 Å². The molecule has 0 aromatic heterocycles. The summed E-state index contributed by atoms with van der Waals surface area (Å²) in [6.07, 6.45) is 8.45. The Hall–Kier alpha value is -1.24. The molecule has 0 aliphatic rings. The van der Waals surface area contributed by atoms with Crippen molar-refractivity contribution in [2.75, 3.05) is 7.05 Å². The van der Waals surface area contributed by atoms with E-state index in [4.69, 9.17) is 0 Å². The minimum atomic E-state index is 1.04. The second-order valence-electron chi connectivity index (χ2n) is 3.75. The summed E-state index contributed by atoms with van der Waals surface area (Å²) >= 11 is 0. The van der Waals surface area contributed by atoms with E-state index in [0.717, 1.165) is 24.2 Å². The van der Waals surface area contributed by atoms with Crippen molar-refractivity contribution >= 4 is 0 Å². The molecule has 0 unspecified atom stereocenters. The number of rotatable bonds is 6. The van der Waals surface area contributed by atoms with Gasteiger partial charge in [0.05, 0.1) is 0 Å². The molecule has 1 heteroatoms. The third kappa shape index (κ3) is 5.26. The zero-order valence-corrected chi connectivity index (χ0v) is 10.5. The molecule has 0 aliphatic heterocycles. The van der Waals surface area contributed by atoms with Crippen LogP contribution in [-0.2, 0) is 0 Å². The van der Waals surface area contributed by atoms with Gasteiger partial charge in [-0.3, -0.25) is 0 Å². The minimum Gasteiger partial charge on any atom is -0.349 e. The van der Waals surface area contributed by atoms with Crippen LogP contribution in [0.2, 0.25) is 0 Å². The molecule has 0 aromatic carbocycles. The van der Waals surface area contributed by atoms with Gasteiger partial charge in [-0.1, -0.05) is 44.2 Å². The van der Waals surface area contributed by atoms with Crippen LogP contribution in [0.3, 0.4) is 0 Å². The Kier molecular flexibility index (Phi) is 6.52. The third-order valence-corrected chi connectivity index (χ3v) is 2.32. The third-order valence-electron chi connectivity index (χ3n) is 2.32. The van der Waals surface area contributed by atoms with Crippen molar-refractivity contribution in [1.29, 1.82) is 0 Å². The summed E-state index contributed by atoms with van der Waals surface area (Å²) in [5, 5.41) is 0. The SMILES string of the molecule is C=C(/C=C\C(=C/C)N(C)C(=C)C)CCC. The van der Waals surface area contributed by atoms with Crippen LogP contribution in [0.1, 0.15) is 33.6 Å². The number of hydrogen-bond acceptors (Lipinski definition) is 1. The van der Waals surface area contributed by atoms with E-state index < -0.39 is 0 Å². The van der Waals surface area contributed by atoms with Crippen LogP contribution in [0.25, 0.3) is 0 Å². The first-order valence-electron chi connectivity index (χ1n) is 5.44. The van der Waals surface area contributed by atoms with Gasteiger partial charge in [0.15, 0.2) is 0 Å². The molecule has 0 bridgehead atoms. The van der Waals surface area contributed by atoms with Crippen molar-refractivity contribution in [1.82, 2.24) is 4.90 Å². The maximum Gasteiger partial charge on any atom is 0.0362 e. The van der Waals surface area contributed by atoms with E-state index in [9.17, 15) is 0 Å². The normalized spacial score (nSPS) is 11.9. The first kappa shape index (κ1) is 13.8. The predicted octanol–water partition coefficient (Wildman–Crippen LogP) is 4.27. The largest absolute Gasteiger partial charge is 0.349 e. The van der Waals surface area contributed by atoms with Crippen molar-refractivity contribution in [2.24, 2.45) is 0 Å². The first-order valence-corrected chi connectivity index (χ1v) is 5.44. The molecular weight excluding hydrogens is 182 g/mol. The molecule has 0 radical (unpaired) electrons. The highest BCUT2D eigenvalue weighted by molar-refractivity contribution is 5.27. The molecular formula is C14H23N. The van der Waals surface area contributed by atoms with E-state index in [1.54, 1.807) is 0 Å². The molecule has 0 rings (SSSR count). The maximum absolute atomic E-state index is 4.00. The molecule has 15 heavy (non-hydrogen) atoms. The molecule has 0 saturated carbocycles. The van der Waals surface area contributed by atoms with Gasteiger partial charge in [0, 0.05) is 18.4 Å². The molecule has 0 atom stereocenters. The molecule has 0 aromatic rings. The Morgan fingerprint density at radius 2 is 1.87 bits per heavy atom. The van der Waals surface area contributed by atoms with Crippen LogP contribution < -0.4 is 0 Å². The first-order chi connectivity index (χ1) is 7.02. The van der Waals surface area contributed by atoms with Crippen molar-refractivity contribution in [3.63, 3.8) is 0 Å². The summed E-state index contributed by atoms with van der Waals surface area (Å²) in [4.78, 5) is 2.07. The highest BCUT2D eigenvalue weighted by Crippen LogP contribution is 2.12. The van der Waals surface area contributed by atoms with Crippen LogP contribution in [0.5, 0.6) is 0 Å². The highest BCUT2D eigenvalue weighted by atomic mass is 15.1. The van der Waals surface area contributed by atoms with Gasteiger partial charge < -0.3 is 4.90 Å². The minimum absolute atomic E-state index is 1.04. The van der Waals surface area contributed by atoms with Crippen molar-refractivity contribution < 1.29 is 0 Å². The summed E-state index contributed by atoms with van der Waals surface area (Å²) in [5.74, 6) is 0. The molecule has 0 spiro atoms. The van der Waals surface area contributed by atoms with Gasteiger partial charge in [0.1, 0.15) is 0 Å². The zero-order valence-electron chi connectivity index (χ0n) is 10.5. The summed E-state index contributed by atoms with van der Waals surface area (Å²) in [6.45, 7) is 14.1. The number of nitrogens with zero attached hydrogens (tertiary/aromatic N) is 1. The monoisotopic (exact) mass is 205 g/mol. The standard InChI is InChI=1S/C14H23N/c1-7-9-13(5)10-11-14(8-2)15(6)12(3)4/h8,10-11H,3,5,7,9H2,1-2,4,6H3/b11-10-,14-8+. The summed E-state index contributed by atoms with van der Waals surface area (Å²) in [7, 11) is 2.02. The average molecular weight is 205 g/mol. The molecule has 0 aliphatic carbocycles. The Morgan fingerprint density at radius 1 is 1.27 bits per heavy atom. The van der Waals surface area contributed by atoms with Gasteiger partial charge in [0.2, 0.25) is 0 Å². The lowest BCUT2D eigenvalue weighted by atomic mass is 10.1. The van der Waals surface area contributed by atoms with Gasteiger partial charge >= 0.3 is 0 Å². The molecule has 1 nitrogen and oxygen atoms in total. The van der Waals surface area contributed by atoms with Gasteiger partial charge in [-0.25, -0.2) is 0 Å². The van der Waals surface area contributed by atoms with Crippen molar-refractivity contribution in [3.05, 3.63) is 48.4 Å². The van der Waals surface area contributed by atoms with Crippen LogP contribution in [0.15, 0.2) is 48.4 Å². The smallest absolute Gasteiger partial charge is 0.0362 e. The van der Waals surface area contributed by atoms with E-state index in [-0.39, 0.29) is 0 Å². The Balaban J connectivity index is 4.48. The number of hydrogen-bond donors (Lipinski definition) is 0. The lowest BCUT2D eigenvalue weighted by Gasteiger charge is -2.19. The van der Waals surface area contributed by atoms with Crippen molar-refractivity contribution in [3.8, 4) is 0 Å². The lowest BCUT2D eigenvalue weighted by Crippen LogP contribution is -2.12. The predicted molar refractivity (Wildman–Crippen MR) is 69.5 cm³/mol. The maximum atomic E-state index is 4.00. The lowest BCUT2D eigenvalue weighted by molar-refractivity contribution is 0.539. The fraction of sp³-hybridized carbons (Fsp3) is 0.429. The summed E-state index contributed by atoms with van der Waals surface area (Å²) in [6, 6.07) is 0. The van der Waals surface area contributed by atoms with E-state index in [1.807, 2.05) is 20.9 Å². The van der Waals surface area contributed by atoms with Gasteiger partial charge in [-0.05, 0) is 26.3 Å². The van der Waals surface area contributed by atoms with Gasteiger partial charge in [0.25, 0.3) is 0 Å². The fourth-order valence-corrected chi connectivity index (χ4v) is 1.23. The Bertz CT molecular complexity index is 282. The Morgan fingerprint density at radius 3 is 2.27 bits per heavy atom. The topological polar surface area (TPSA) is 3.24 Å². The summed E-state index contributed by atoms with van der Waals surface area (Å²) in [5.41, 5.74) is 3.36. The van der Waals surface area contributed by atoms with Crippen molar-refractivity contribution in [2.45, 2.75) is 33.6 Å². The second kappa shape index (κ2) is 7.10. The van der Waals surface area contributed by atoms with E-state index >= 15 is 0 Å². The van der Waals surface area contributed by atoms with Crippen LogP contribution in [0.4, 0.5) is 0 Å². The number of allylic oxidation sites excluding steroid dienone is 5. The molecule has 0 heterocycles. The van der Waals surface area contributed by atoms with Gasteiger partial charge in [-0.2, -0.15) is 0 Å². The molecule has 0 saturated heterocycles. The van der Waals surface area contributed by atoms with E-state index in [1.165, 1.54) is 5.57 Å². The van der Waals surface area contributed by atoms with E-state index in [0.29, 0.717) is 0 Å². The molecule has 0 fully saturated rings. The highest BCUT2D eigenvalue weighted by Gasteiger charge is 1.99. The van der Waals surface area contributed by atoms with Crippen LogP contribution in [0, 0.1) is 0 Å². The Labute approximate surface area is 94.5 Å². The summed E-state index contributed by atoms with van der Waals surface area (Å²) < 4.78 is 0. The number of likely N-dealkylation sites (N-methyl/N-ethyl adjacent to an activating group) is 1. The van der Waals surface area contributed by atoms with Crippen LogP contribution in [-0.4, -0.2) is 11.9 Å². The fourth-order valence-electron chi connectivity index (χ4n) is 1.23. The van der Waals surface area contributed by atoms with E-state index in [2.05, 4.69) is 43.2 Å². The van der Waals surface area contributed by atoms with Gasteiger partial charge in [-0.15, -0.1) is 0 Å².